The molecule has 55 heavy (non-hydrogen) atoms. The summed E-state index contributed by atoms with van der Waals surface area (Å²) >= 11 is 0. The number of aryl methyl sites for hydroxylation is 1. The highest BCUT2D eigenvalue weighted by atomic mass is 16.6. The molecule has 5 fully saturated rings. The molecule has 5 amide bonds. The average molecular weight is 770 g/mol. The van der Waals surface area contributed by atoms with Crippen LogP contribution in [0.2, 0.25) is 0 Å². The van der Waals surface area contributed by atoms with Crippen LogP contribution < -0.4 is 26.6 Å². The Bertz CT molecular complexity index is 1580. The van der Waals surface area contributed by atoms with Crippen molar-refractivity contribution in [1.82, 2.24) is 41.2 Å². The number of hydrogen-bond donors (Lipinski definition) is 5. The second kappa shape index (κ2) is 15.7. The third kappa shape index (κ3) is 10.00. The zero-order valence-electron chi connectivity index (χ0n) is 34.6. The first kappa shape index (κ1) is 42.4. The molecule has 4 saturated carbocycles. The van der Waals surface area contributed by atoms with Crippen LogP contribution in [0.5, 0.6) is 0 Å². The van der Waals surface area contributed by atoms with Crippen molar-refractivity contribution in [1.29, 1.82) is 0 Å². The number of hydroxylamine groups is 2. The number of carbonyl (C=O) groups excluding carboxylic acids is 5. The lowest BCUT2D eigenvalue weighted by Gasteiger charge is -2.61. The molecule has 15 nitrogen and oxygen atoms in total. The lowest BCUT2D eigenvalue weighted by Crippen LogP contribution is -2.68. The molecule has 2 unspecified atom stereocenters. The Morgan fingerprint density at radius 2 is 1.55 bits per heavy atom. The average Bonchev–Trinajstić information content (AvgIpc) is 3.43. The number of rotatable bonds is 13. The predicted octanol–water partition coefficient (Wildman–Crippen LogP) is 3.44. The normalized spacial score (nSPS) is 28.2. The molecule has 307 valence electrons. The fraction of sp³-hybridized carbons (Fsp3) is 0.800. The third-order valence-electron chi connectivity index (χ3n) is 12.1. The molecular weight excluding hydrogens is 704 g/mol. The van der Waals surface area contributed by atoms with Crippen LogP contribution in [0, 0.1) is 23.2 Å². The lowest BCUT2D eigenvalue weighted by atomic mass is 9.46. The van der Waals surface area contributed by atoms with Crippen molar-refractivity contribution >= 4 is 29.7 Å². The standard InChI is InChI=1S/C40H65N8O7/c1-24(2)31(33(51)42-12-11-30(49)43-27-19-37(6,7)48(54)38(8,9)20-27)45-34(52)39-15-25-13-26(16-39)18-40(17-25,22-39)46-32(50)29(14-28-21-41-23-47(28)10)44-35(53)55-36(3,4)5/h21,23-27,29,31H,11-20,22H2,1-10H3,(H,42,51)(H,43,49)(H,44,53)(H,45,52)(H,46,50)/t25-,26+,29-,31-,39?,40?/m0/s1. The molecule has 0 spiro atoms. The largest absolute Gasteiger partial charge is 0.444 e. The number of amides is 5. The van der Waals surface area contributed by atoms with Gasteiger partial charge in [0.05, 0.1) is 11.7 Å². The molecule has 1 radical (unpaired) electrons. The highest BCUT2D eigenvalue weighted by molar-refractivity contribution is 5.91. The summed E-state index contributed by atoms with van der Waals surface area (Å²) in [7, 11) is 1.83. The summed E-state index contributed by atoms with van der Waals surface area (Å²) in [4.78, 5) is 72.0. The van der Waals surface area contributed by atoms with Gasteiger partial charge in [-0.15, -0.1) is 10.3 Å². The van der Waals surface area contributed by atoms with Crippen LogP contribution in [0.4, 0.5) is 4.79 Å². The first-order valence-electron chi connectivity index (χ1n) is 20.0. The second-order valence-electron chi connectivity index (χ2n) is 19.7. The third-order valence-corrected chi connectivity index (χ3v) is 12.1. The van der Waals surface area contributed by atoms with Gasteiger partial charge in [-0.2, -0.15) is 0 Å². The van der Waals surface area contributed by atoms with E-state index in [1.54, 1.807) is 37.9 Å². The summed E-state index contributed by atoms with van der Waals surface area (Å²) in [5, 5.41) is 29.0. The molecule has 6 atom stereocenters. The Kier molecular flexibility index (Phi) is 12.1. The highest BCUT2D eigenvalue weighted by Crippen LogP contribution is 2.61. The van der Waals surface area contributed by atoms with Crippen molar-refractivity contribution in [2.45, 2.75) is 167 Å². The second-order valence-corrected chi connectivity index (χ2v) is 19.7. The van der Waals surface area contributed by atoms with Gasteiger partial charge in [-0.1, -0.05) is 13.8 Å². The highest BCUT2D eigenvalue weighted by Gasteiger charge is 2.61. The first-order chi connectivity index (χ1) is 25.4. The molecule has 4 bridgehead atoms. The minimum atomic E-state index is -0.927. The molecule has 15 heteroatoms. The van der Waals surface area contributed by atoms with Gasteiger partial charge in [-0.25, -0.2) is 9.78 Å². The van der Waals surface area contributed by atoms with E-state index in [1.165, 1.54) is 0 Å². The summed E-state index contributed by atoms with van der Waals surface area (Å²) in [5.74, 6) is -0.805. The van der Waals surface area contributed by atoms with Crippen molar-refractivity contribution in [3.8, 4) is 0 Å². The van der Waals surface area contributed by atoms with Crippen molar-refractivity contribution in [2.24, 2.45) is 30.2 Å². The predicted molar refractivity (Wildman–Crippen MR) is 204 cm³/mol. The van der Waals surface area contributed by atoms with E-state index in [0.717, 1.165) is 30.0 Å². The number of piperidine rings is 1. The molecule has 0 aromatic carbocycles. The van der Waals surface area contributed by atoms with Crippen molar-refractivity contribution in [2.75, 3.05) is 6.54 Å². The number of ether oxygens (including phenoxy) is 1. The van der Waals surface area contributed by atoms with E-state index >= 15 is 0 Å². The van der Waals surface area contributed by atoms with E-state index in [0.29, 0.717) is 32.1 Å². The van der Waals surface area contributed by atoms with Gasteiger partial charge in [0.2, 0.25) is 23.6 Å². The van der Waals surface area contributed by atoms with Crippen LogP contribution >= 0.6 is 0 Å². The smallest absolute Gasteiger partial charge is 0.408 e. The van der Waals surface area contributed by atoms with E-state index in [-0.39, 0.29) is 66.8 Å². The number of imidazole rings is 1. The SMILES string of the molecule is CC(C)[C@H](NC(=O)C12C[C@@H]3C[C@@H](CC(NC(=O)[C@H](Cc4cncn4C)NC(=O)OC(C)(C)C)(C3)C1)C2)C(=O)NCCC(=O)NC1CC(C)(C)N([O])C(C)(C)C1. The van der Waals surface area contributed by atoms with Gasteiger partial charge in [0.1, 0.15) is 17.7 Å². The lowest BCUT2D eigenvalue weighted by molar-refractivity contribution is -0.290. The molecule has 2 heterocycles. The van der Waals surface area contributed by atoms with E-state index in [1.807, 2.05) is 48.6 Å². The molecule has 1 aliphatic heterocycles. The van der Waals surface area contributed by atoms with Gasteiger partial charge >= 0.3 is 6.09 Å². The zero-order chi connectivity index (χ0) is 40.7. The Labute approximate surface area is 326 Å². The summed E-state index contributed by atoms with van der Waals surface area (Å²) in [6.07, 6.45) is 8.26. The van der Waals surface area contributed by atoms with E-state index < -0.39 is 45.8 Å². The summed E-state index contributed by atoms with van der Waals surface area (Å²) in [5.41, 5.74) is -2.58. The Morgan fingerprint density at radius 3 is 2.09 bits per heavy atom. The molecule has 1 aromatic heterocycles. The number of carbonyl (C=O) groups is 5. The number of nitrogens with one attached hydrogen (secondary N) is 5. The summed E-state index contributed by atoms with van der Waals surface area (Å²) < 4.78 is 7.30. The topological polar surface area (TPSA) is 196 Å². The fourth-order valence-corrected chi connectivity index (χ4v) is 10.4. The minimum Gasteiger partial charge on any atom is -0.444 e. The van der Waals surface area contributed by atoms with E-state index in [2.05, 4.69) is 31.6 Å². The minimum absolute atomic E-state index is 0.0723. The Hall–Kier alpha value is -3.72. The van der Waals surface area contributed by atoms with Crippen LogP contribution in [0.25, 0.3) is 0 Å². The maximum atomic E-state index is 14.4. The number of alkyl carbamates (subject to hydrolysis) is 1. The molecule has 4 aliphatic carbocycles. The molecule has 6 rings (SSSR count). The molecule has 5 N–H and O–H groups in total. The molecule has 1 aromatic rings. The van der Waals surface area contributed by atoms with Gasteiger partial charge in [0.25, 0.3) is 0 Å². The zero-order valence-corrected chi connectivity index (χ0v) is 34.6. The number of nitrogens with zero attached hydrogens (tertiary/aromatic N) is 3. The Balaban J connectivity index is 1.21. The number of aromatic nitrogens is 2. The van der Waals surface area contributed by atoms with Crippen LogP contribution in [-0.4, -0.2) is 91.2 Å². The maximum absolute atomic E-state index is 14.4. The van der Waals surface area contributed by atoms with Crippen LogP contribution in [0.1, 0.15) is 126 Å². The van der Waals surface area contributed by atoms with Gasteiger partial charge in [0, 0.05) is 61.0 Å². The van der Waals surface area contributed by atoms with Gasteiger partial charge in [0.15, 0.2) is 0 Å². The van der Waals surface area contributed by atoms with Crippen molar-refractivity contribution in [3.05, 3.63) is 18.2 Å². The van der Waals surface area contributed by atoms with Gasteiger partial charge in [-0.05, 0) is 118 Å². The van der Waals surface area contributed by atoms with Crippen LogP contribution in [-0.2, 0) is 42.6 Å². The van der Waals surface area contributed by atoms with Gasteiger partial charge in [-0.3, -0.25) is 19.2 Å². The summed E-state index contributed by atoms with van der Waals surface area (Å²) in [6.45, 7) is 16.7. The van der Waals surface area contributed by atoms with Crippen LogP contribution in [0.15, 0.2) is 12.5 Å². The quantitative estimate of drug-likeness (QED) is 0.201. The number of hydrogen-bond acceptors (Lipinski definition) is 8. The maximum Gasteiger partial charge on any atom is 0.408 e. The Morgan fingerprint density at radius 1 is 0.927 bits per heavy atom. The molecular formula is C40H65N8O7. The first-order valence-corrected chi connectivity index (χ1v) is 20.0. The monoisotopic (exact) mass is 769 g/mol. The van der Waals surface area contributed by atoms with E-state index in [4.69, 9.17) is 4.74 Å². The summed E-state index contributed by atoms with van der Waals surface area (Å²) in [6, 6.07) is -1.88. The van der Waals surface area contributed by atoms with Crippen LogP contribution in [0.3, 0.4) is 0 Å². The molecule has 5 aliphatic rings. The van der Waals surface area contributed by atoms with Crippen molar-refractivity contribution < 1.29 is 33.9 Å². The van der Waals surface area contributed by atoms with Crippen molar-refractivity contribution in [3.63, 3.8) is 0 Å². The molecule has 1 saturated heterocycles. The van der Waals surface area contributed by atoms with Gasteiger partial charge < -0.3 is 35.9 Å². The van der Waals surface area contributed by atoms with E-state index in [9.17, 15) is 29.2 Å². The fourth-order valence-electron chi connectivity index (χ4n) is 10.4.